The first-order chi connectivity index (χ1) is 28.4. The van der Waals surface area contributed by atoms with Gasteiger partial charge in [0.2, 0.25) is 0 Å². The van der Waals surface area contributed by atoms with Crippen LogP contribution in [0.3, 0.4) is 0 Å². The van der Waals surface area contributed by atoms with Gasteiger partial charge in [0.25, 0.3) is 11.4 Å². The molecule has 2 aromatic carbocycles. The Labute approximate surface area is 351 Å². The van der Waals surface area contributed by atoms with Gasteiger partial charge < -0.3 is 31.9 Å². The number of benzene rings is 2. The van der Waals surface area contributed by atoms with E-state index in [4.69, 9.17) is 31.9 Å². The highest BCUT2D eigenvalue weighted by Gasteiger charge is 2.62. The van der Waals surface area contributed by atoms with Crippen LogP contribution in [0.25, 0.3) is 0 Å². The van der Waals surface area contributed by atoms with E-state index in [2.05, 4.69) is 65.7 Å². The van der Waals surface area contributed by atoms with Crippen LogP contribution in [0.15, 0.2) is 65.6 Å². The first kappa shape index (κ1) is 46.6. The zero-order chi connectivity index (χ0) is 43.9. The molecular weight excluding hydrogens is 815 g/mol. The minimum absolute atomic E-state index is 0.000186. The van der Waals surface area contributed by atoms with E-state index in [1.165, 1.54) is 41.1 Å². The van der Waals surface area contributed by atoms with E-state index in [0.29, 0.717) is 12.8 Å². The van der Waals surface area contributed by atoms with Crippen LogP contribution in [0.5, 0.6) is 0 Å². The Morgan fingerprint density at radius 3 is 1.87 bits per heavy atom. The molecule has 20 heteroatoms. The predicted molar refractivity (Wildman–Crippen MR) is 225 cm³/mol. The topological polar surface area (TPSA) is 215 Å². The van der Waals surface area contributed by atoms with Gasteiger partial charge in [0.05, 0.1) is 29.7 Å². The van der Waals surface area contributed by atoms with Gasteiger partial charge in [0.1, 0.15) is 24.1 Å². The molecule has 1 N–H and O–H groups in total. The normalized spacial score (nSPS) is 21.7. The standard InChI is InChI=1S/C40H57N5O13Si2/c1-25(2)59(26(3)4)54-24-34-36(57-60(58-59,27(5)6)28(7)8)37(55-29(9)52-22-19-30-10-14-32(15-11-30)44(48)49)38(56-34)43-21-18-35(41-39(43)46)42-40(47)53-23-20-31-12-16-33(17-13-31)45(50)51/h10-18,21,25-29,34,36-38H,19-20,22-24H2,1-9H3,(H,41,42,46,47)/t29?,34-,36-,37-,38-/m1/s1. The number of carbonyl (C=O) groups excluding carboxylic acids is 1. The number of amides is 1. The molecule has 2 saturated heterocycles. The maximum atomic E-state index is 13.8. The van der Waals surface area contributed by atoms with Crippen molar-refractivity contribution in [2.45, 2.75) is 128 Å². The van der Waals surface area contributed by atoms with Gasteiger partial charge in [-0.1, -0.05) is 79.7 Å². The maximum Gasteiger partial charge on any atom is 0.412 e. The number of nitrogens with zero attached hydrogens (tertiary/aromatic N) is 4. The number of non-ortho nitro benzene ring substituents is 2. The number of nitro benzene ring substituents is 2. The highest BCUT2D eigenvalue weighted by atomic mass is 28.5. The third kappa shape index (κ3) is 10.7. The lowest BCUT2D eigenvalue weighted by molar-refractivity contribution is -0.385. The Morgan fingerprint density at radius 1 is 0.833 bits per heavy atom. The van der Waals surface area contributed by atoms with Crippen LogP contribution in [0.1, 0.15) is 79.7 Å². The number of hydrogen-bond acceptors (Lipinski definition) is 14. The van der Waals surface area contributed by atoms with Gasteiger partial charge in [-0.2, -0.15) is 4.98 Å². The predicted octanol–water partition coefficient (Wildman–Crippen LogP) is 7.70. The SMILES string of the molecule is CC(OCCc1ccc([N+](=O)[O-])cc1)O[C@@H]1[C@@H]2O[Si](C(C)C)(C(C)C)O[Si](C(C)C)(C(C)C)OC[C@H]2O[C@H]1n1ccc(NC(=O)OCCc2ccc([N+](=O)[O-])cc2)nc1=O. The summed E-state index contributed by atoms with van der Waals surface area (Å²) in [5.41, 5.74) is 1.00. The quantitative estimate of drug-likeness (QED) is 0.0596. The van der Waals surface area contributed by atoms with Gasteiger partial charge in [-0.05, 0) is 52.7 Å². The third-order valence-electron chi connectivity index (χ3n) is 11.0. The fourth-order valence-corrected chi connectivity index (χ4v) is 18.9. The maximum absolute atomic E-state index is 13.8. The Hall–Kier alpha value is -4.42. The Balaban J connectivity index is 1.38. The van der Waals surface area contributed by atoms with E-state index < -0.39 is 69.6 Å². The van der Waals surface area contributed by atoms with E-state index >= 15 is 0 Å². The minimum Gasteiger partial charge on any atom is -0.449 e. The molecule has 1 unspecified atom stereocenters. The number of hydrogen-bond donors (Lipinski definition) is 1. The van der Waals surface area contributed by atoms with Crippen molar-refractivity contribution in [3.8, 4) is 0 Å². The smallest absolute Gasteiger partial charge is 0.412 e. The van der Waals surface area contributed by atoms with Gasteiger partial charge in [0, 0.05) is 36.9 Å². The summed E-state index contributed by atoms with van der Waals surface area (Å²) in [5.74, 6) is -0.0512. The van der Waals surface area contributed by atoms with Gasteiger partial charge in [0.15, 0.2) is 12.5 Å². The molecule has 0 spiro atoms. The van der Waals surface area contributed by atoms with E-state index in [1.54, 1.807) is 31.2 Å². The molecule has 328 valence electrons. The lowest BCUT2D eigenvalue weighted by atomic mass is 10.1. The van der Waals surface area contributed by atoms with E-state index in [-0.39, 0.29) is 59.2 Å². The largest absolute Gasteiger partial charge is 0.449 e. The molecule has 0 radical (unpaired) electrons. The number of ether oxygens (including phenoxy) is 4. The summed E-state index contributed by atoms with van der Waals surface area (Å²) in [6, 6.07) is 13.6. The van der Waals surface area contributed by atoms with Crippen molar-refractivity contribution >= 4 is 40.4 Å². The second-order valence-electron chi connectivity index (χ2n) is 16.3. The monoisotopic (exact) mass is 871 g/mol. The van der Waals surface area contributed by atoms with E-state index in [0.717, 1.165) is 11.1 Å². The van der Waals surface area contributed by atoms with Crippen LogP contribution in [0.4, 0.5) is 22.0 Å². The van der Waals surface area contributed by atoms with E-state index in [9.17, 15) is 29.8 Å². The third-order valence-corrected chi connectivity index (χ3v) is 21.2. The van der Waals surface area contributed by atoms with Crippen LogP contribution in [-0.2, 0) is 44.8 Å². The molecule has 18 nitrogen and oxygen atoms in total. The molecule has 2 aliphatic rings. The highest BCUT2D eigenvalue weighted by molar-refractivity contribution is 6.84. The van der Waals surface area contributed by atoms with Crippen molar-refractivity contribution in [1.82, 2.24) is 9.55 Å². The molecule has 2 fully saturated rings. The number of nitrogens with one attached hydrogen (secondary N) is 1. The van der Waals surface area contributed by atoms with Gasteiger partial charge in [-0.25, -0.2) is 9.59 Å². The average molecular weight is 872 g/mol. The lowest BCUT2D eigenvalue weighted by Gasteiger charge is -2.51. The second kappa shape index (κ2) is 20.0. The van der Waals surface area contributed by atoms with Crippen molar-refractivity contribution in [3.63, 3.8) is 0 Å². The van der Waals surface area contributed by atoms with Gasteiger partial charge in [-0.3, -0.25) is 30.1 Å². The number of carbonyl (C=O) groups is 1. The highest BCUT2D eigenvalue weighted by Crippen LogP contribution is 2.49. The van der Waals surface area contributed by atoms with E-state index in [1.807, 2.05) is 0 Å². The molecule has 5 atom stereocenters. The Bertz CT molecular complexity index is 1980. The molecule has 60 heavy (non-hydrogen) atoms. The second-order valence-corrected chi connectivity index (χ2v) is 25.1. The minimum atomic E-state index is -3.16. The number of anilines is 1. The average Bonchev–Trinajstić information content (AvgIpc) is 3.49. The Morgan fingerprint density at radius 2 is 1.37 bits per heavy atom. The fourth-order valence-electron chi connectivity index (χ4n) is 7.74. The van der Waals surface area contributed by atoms with Crippen molar-refractivity contribution in [2.75, 3.05) is 25.1 Å². The summed E-state index contributed by atoms with van der Waals surface area (Å²) in [4.78, 5) is 51.7. The van der Waals surface area contributed by atoms with Crippen molar-refractivity contribution in [2.24, 2.45) is 0 Å². The molecule has 1 amide bonds. The van der Waals surface area contributed by atoms with Crippen molar-refractivity contribution < 1.29 is 46.6 Å². The molecule has 1 aromatic heterocycles. The van der Waals surface area contributed by atoms with Crippen LogP contribution in [0, 0.1) is 20.2 Å². The van der Waals surface area contributed by atoms with Crippen molar-refractivity contribution in [3.05, 3.63) is 103 Å². The summed E-state index contributed by atoms with van der Waals surface area (Å²) >= 11 is 0. The number of aromatic nitrogens is 2. The molecular formula is C40H57N5O13Si2. The molecule has 0 aliphatic carbocycles. The summed E-state index contributed by atoms with van der Waals surface area (Å²) in [6.07, 6.45) is -2.78. The summed E-state index contributed by atoms with van der Waals surface area (Å²) in [7, 11) is -6.09. The Kier molecular flexibility index (Phi) is 15.5. The fraction of sp³-hybridized carbons (Fsp3) is 0.575. The summed E-state index contributed by atoms with van der Waals surface area (Å²) < 4.78 is 47.7. The van der Waals surface area contributed by atoms with Crippen LogP contribution < -0.4 is 11.0 Å². The zero-order valence-corrected chi connectivity index (χ0v) is 37.6. The first-order valence-corrected chi connectivity index (χ1v) is 24.2. The zero-order valence-electron chi connectivity index (χ0n) is 35.6. The molecule has 0 bridgehead atoms. The van der Waals surface area contributed by atoms with Crippen molar-refractivity contribution in [1.29, 1.82) is 0 Å². The van der Waals surface area contributed by atoms with Gasteiger partial charge >= 0.3 is 28.9 Å². The van der Waals surface area contributed by atoms with Crippen LogP contribution in [0.2, 0.25) is 22.2 Å². The molecule has 5 rings (SSSR count). The first-order valence-electron chi connectivity index (χ1n) is 20.3. The summed E-state index contributed by atoms with van der Waals surface area (Å²) in [6.45, 7) is 19.0. The number of fused-ring (bicyclic) bond motifs is 1. The molecule has 0 saturated carbocycles. The number of rotatable bonds is 17. The van der Waals surface area contributed by atoms with Crippen LogP contribution in [-0.4, -0.2) is 87.0 Å². The molecule has 3 aromatic rings. The van der Waals surface area contributed by atoms with Gasteiger partial charge in [-0.15, -0.1) is 0 Å². The summed E-state index contributed by atoms with van der Waals surface area (Å²) in [5, 5.41) is 24.5. The number of nitro groups is 2. The lowest BCUT2D eigenvalue weighted by Crippen LogP contribution is -2.66. The molecule has 3 heterocycles. The molecule has 2 aliphatic heterocycles. The van der Waals surface area contributed by atoms with Crippen LogP contribution >= 0.6 is 0 Å².